The summed E-state index contributed by atoms with van der Waals surface area (Å²) in [7, 11) is 1.30. The largest absolute Gasteiger partial charge is 0.490 e. The van der Waals surface area contributed by atoms with Crippen molar-refractivity contribution in [2.75, 3.05) is 13.7 Å². The number of nitrogens with one attached hydrogen (secondary N) is 1. The Bertz CT molecular complexity index is 583. The number of aliphatic carboxylic acids is 1. The molecule has 21 heavy (non-hydrogen) atoms. The highest BCUT2D eigenvalue weighted by Gasteiger charge is 2.38. The quantitative estimate of drug-likeness (QED) is 0.590. The minimum Gasteiger partial charge on any atom is -0.489 e. The molecule has 1 aliphatic rings. The first-order valence-electron chi connectivity index (χ1n) is 5.65. The van der Waals surface area contributed by atoms with Crippen molar-refractivity contribution >= 4 is 5.97 Å². The van der Waals surface area contributed by atoms with Gasteiger partial charge < -0.3 is 19.7 Å². The maximum atomic E-state index is 13.6. The van der Waals surface area contributed by atoms with Gasteiger partial charge in [-0.25, -0.2) is 4.79 Å². The van der Waals surface area contributed by atoms with E-state index in [1.165, 1.54) is 17.7 Å². The summed E-state index contributed by atoms with van der Waals surface area (Å²) in [6.07, 6.45) is -5.08. The molecule has 118 valence electrons. The van der Waals surface area contributed by atoms with Crippen LogP contribution in [-0.4, -0.2) is 35.5 Å². The van der Waals surface area contributed by atoms with Gasteiger partial charge in [0, 0.05) is 31.4 Å². The monoisotopic (exact) mass is 312 g/mol. The highest BCUT2D eigenvalue weighted by molar-refractivity contribution is 5.73. The molecular weight excluding hydrogens is 300 g/mol. The van der Waals surface area contributed by atoms with Gasteiger partial charge in [-0.15, -0.1) is 0 Å². The number of methoxy groups -OCH3 is 1. The molecule has 2 rings (SSSR count). The SMILES string of the molecule is COc1c(F)n2c(cc1=O)CNCC2.O=C(O)C(F)(F)F. The fourth-order valence-corrected chi connectivity index (χ4v) is 1.63. The second-order valence-corrected chi connectivity index (χ2v) is 3.96. The molecule has 0 spiro atoms. The summed E-state index contributed by atoms with van der Waals surface area (Å²) in [5.41, 5.74) is 0.263. The van der Waals surface area contributed by atoms with Crippen LogP contribution in [0.5, 0.6) is 5.75 Å². The lowest BCUT2D eigenvalue weighted by Crippen LogP contribution is -2.32. The lowest BCUT2D eigenvalue weighted by atomic mass is 10.2. The van der Waals surface area contributed by atoms with Gasteiger partial charge in [-0.2, -0.15) is 17.6 Å². The molecular formula is C11H12F4N2O4. The fourth-order valence-electron chi connectivity index (χ4n) is 1.63. The third-order valence-electron chi connectivity index (χ3n) is 2.56. The van der Waals surface area contributed by atoms with E-state index in [0.717, 1.165) is 0 Å². The van der Waals surface area contributed by atoms with Crippen LogP contribution in [0.3, 0.4) is 0 Å². The Morgan fingerprint density at radius 2 is 2.05 bits per heavy atom. The first-order valence-corrected chi connectivity index (χ1v) is 5.65. The van der Waals surface area contributed by atoms with Gasteiger partial charge >= 0.3 is 12.1 Å². The number of rotatable bonds is 1. The van der Waals surface area contributed by atoms with Gasteiger partial charge in [0.2, 0.25) is 17.1 Å². The third kappa shape index (κ3) is 4.18. The molecule has 0 amide bonds. The second kappa shape index (κ2) is 6.57. The van der Waals surface area contributed by atoms with Gasteiger partial charge in [-0.1, -0.05) is 0 Å². The second-order valence-electron chi connectivity index (χ2n) is 3.96. The molecule has 0 fully saturated rings. The number of ether oxygens (including phenoxy) is 1. The number of pyridine rings is 1. The zero-order valence-corrected chi connectivity index (χ0v) is 10.8. The van der Waals surface area contributed by atoms with E-state index in [9.17, 15) is 22.4 Å². The van der Waals surface area contributed by atoms with E-state index < -0.39 is 23.5 Å². The minimum absolute atomic E-state index is 0.198. The molecule has 2 N–H and O–H groups in total. The van der Waals surface area contributed by atoms with Gasteiger partial charge in [0.25, 0.3) is 0 Å². The first-order chi connectivity index (χ1) is 9.68. The summed E-state index contributed by atoms with van der Waals surface area (Å²) in [6, 6.07) is 1.41. The number of nitrogens with zero attached hydrogens (tertiary/aromatic N) is 1. The van der Waals surface area contributed by atoms with Crippen LogP contribution in [0.1, 0.15) is 5.69 Å². The van der Waals surface area contributed by atoms with Crippen molar-refractivity contribution in [2.24, 2.45) is 0 Å². The van der Waals surface area contributed by atoms with Crippen LogP contribution in [0, 0.1) is 5.95 Å². The summed E-state index contributed by atoms with van der Waals surface area (Å²) >= 11 is 0. The molecule has 0 saturated carbocycles. The van der Waals surface area contributed by atoms with Crippen molar-refractivity contribution in [3.63, 3.8) is 0 Å². The van der Waals surface area contributed by atoms with Gasteiger partial charge in [-0.05, 0) is 0 Å². The zero-order valence-electron chi connectivity index (χ0n) is 10.8. The number of halogens is 4. The highest BCUT2D eigenvalue weighted by atomic mass is 19.4. The third-order valence-corrected chi connectivity index (χ3v) is 2.56. The maximum absolute atomic E-state index is 13.6. The minimum atomic E-state index is -5.08. The molecule has 0 bridgehead atoms. The molecule has 0 saturated heterocycles. The van der Waals surface area contributed by atoms with Crippen LogP contribution in [-0.2, 0) is 17.9 Å². The molecule has 2 heterocycles. The summed E-state index contributed by atoms with van der Waals surface area (Å²) in [4.78, 5) is 20.2. The van der Waals surface area contributed by atoms with Gasteiger partial charge in [0.1, 0.15) is 0 Å². The Balaban J connectivity index is 0.000000270. The van der Waals surface area contributed by atoms with Gasteiger partial charge in [0.15, 0.2) is 0 Å². The Morgan fingerprint density at radius 1 is 1.48 bits per heavy atom. The fraction of sp³-hybridized carbons (Fsp3) is 0.455. The van der Waals surface area contributed by atoms with Gasteiger partial charge in [0.05, 0.1) is 7.11 Å². The number of hydrogen-bond donors (Lipinski definition) is 2. The smallest absolute Gasteiger partial charge is 0.489 e. The van der Waals surface area contributed by atoms with Crippen LogP contribution in [0.25, 0.3) is 0 Å². The molecule has 0 aliphatic carbocycles. The summed E-state index contributed by atoms with van der Waals surface area (Å²) < 4.78 is 51.5. The molecule has 1 aromatic heterocycles. The number of carboxylic acid groups (broad SMARTS) is 1. The zero-order chi connectivity index (χ0) is 16.2. The summed E-state index contributed by atoms with van der Waals surface area (Å²) in [5, 5.41) is 10.2. The van der Waals surface area contributed by atoms with Crippen LogP contribution < -0.4 is 15.5 Å². The van der Waals surface area contributed by atoms with Crippen LogP contribution in [0.4, 0.5) is 17.6 Å². The average molecular weight is 312 g/mol. The predicted octanol–water partition coefficient (Wildman–Crippen LogP) is 0.732. The van der Waals surface area contributed by atoms with Crippen molar-refractivity contribution in [1.82, 2.24) is 9.88 Å². The number of carboxylic acids is 1. The molecule has 0 radical (unpaired) electrons. The first kappa shape index (κ1) is 17.0. The highest BCUT2D eigenvalue weighted by Crippen LogP contribution is 2.15. The predicted molar refractivity (Wildman–Crippen MR) is 62.6 cm³/mol. The summed E-state index contributed by atoms with van der Waals surface area (Å²) in [6.45, 7) is 1.75. The average Bonchev–Trinajstić information content (AvgIpc) is 2.39. The Morgan fingerprint density at radius 3 is 2.52 bits per heavy atom. The van der Waals surface area contributed by atoms with E-state index in [1.54, 1.807) is 0 Å². The maximum Gasteiger partial charge on any atom is 0.490 e. The van der Waals surface area contributed by atoms with Crippen LogP contribution in [0.15, 0.2) is 10.9 Å². The van der Waals surface area contributed by atoms with Crippen molar-refractivity contribution in [3.05, 3.63) is 27.9 Å². The molecule has 6 nitrogen and oxygen atoms in total. The van der Waals surface area contributed by atoms with E-state index in [2.05, 4.69) is 5.32 Å². The van der Waals surface area contributed by atoms with Gasteiger partial charge in [-0.3, -0.25) is 4.79 Å². The standard InChI is InChI=1S/C9H11FN2O2.C2HF3O2/c1-14-8-7(13)4-6-5-11-2-3-12(6)9(8)10;3-2(4,5)1(6)7/h4,11H,2-3,5H2,1H3;(H,6,7). The molecule has 0 unspecified atom stereocenters. The lowest BCUT2D eigenvalue weighted by molar-refractivity contribution is -0.192. The number of carbonyl (C=O) groups is 1. The summed E-state index contributed by atoms with van der Waals surface area (Å²) in [5.74, 6) is -3.53. The van der Waals surface area contributed by atoms with E-state index >= 15 is 0 Å². The van der Waals surface area contributed by atoms with Crippen molar-refractivity contribution in [2.45, 2.75) is 19.3 Å². The van der Waals surface area contributed by atoms with Crippen molar-refractivity contribution < 1.29 is 32.2 Å². The topological polar surface area (TPSA) is 80.6 Å². The van der Waals surface area contributed by atoms with E-state index in [1.807, 2.05) is 0 Å². The molecule has 0 atom stereocenters. The van der Waals surface area contributed by atoms with Crippen molar-refractivity contribution in [1.29, 1.82) is 0 Å². The van der Waals surface area contributed by atoms with E-state index in [-0.39, 0.29) is 5.75 Å². The number of aromatic nitrogens is 1. The Labute approximate surface area is 115 Å². The Hall–Kier alpha value is -2.10. The normalized spacial score (nSPS) is 13.8. The van der Waals surface area contributed by atoms with E-state index in [0.29, 0.717) is 25.3 Å². The molecule has 1 aromatic rings. The van der Waals surface area contributed by atoms with E-state index in [4.69, 9.17) is 14.6 Å². The molecule has 0 aromatic carbocycles. The number of hydrogen-bond acceptors (Lipinski definition) is 4. The molecule has 10 heteroatoms. The lowest BCUT2D eigenvalue weighted by Gasteiger charge is -2.21. The van der Waals surface area contributed by atoms with Crippen LogP contribution >= 0.6 is 0 Å². The Kier molecular flexibility index (Phi) is 5.30. The molecule has 1 aliphatic heterocycles. The number of fused-ring (bicyclic) bond motifs is 1. The van der Waals surface area contributed by atoms with Crippen molar-refractivity contribution in [3.8, 4) is 5.75 Å². The number of alkyl halides is 3. The van der Waals surface area contributed by atoms with Crippen LogP contribution in [0.2, 0.25) is 0 Å².